The molecule has 0 saturated carbocycles. The van der Waals surface area contributed by atoms with Crippen LogP contribution >= 0.6 is 0 Å². The number of methoxy groups -OCH3 is 1. The van der Waals surface area contributed by atoms with Crippen molar-refractivity contribution >= 4 is 17.5 Å². The molecule has 144 valence electrons. The van der Waals surface area contributed by atoms with Gasteiger partial charge in [0, 0.05) is 25.5 Å². The first-order chi connectivity index (χ1) is 13.6. The monoisotopic (exact) mass is 380 g/mol. The second-order valence-electron chi connectivity index (χ2n) is 5.91. The van der Waals surface area contributed by atoms with Crippen LogP contribution in [0, 0.1) is 0 Å². The summed E-state index contributed by atoms with van der Waals surface area (Å²) in [5.41, 5.74) is 1.65. The summed E-state index contributed by atoms with van der Waals surface area (Å²) in [5, 5.41) is 9.23. The van der Waals surface area contributed by atoms with E-state index >= 15 is 0 Å². The fourth-order valence-electron chi connectivity index (χ4n) is 2.57. The van der Waals surface area contributed by atoms with E-state index in [2.05, 4.69) is 20.8 Å². The summed E-state index contributed by atoms with van der Waals surface area (Å²) >= 11 is 0. The highest BCUT2D eigenvalue weighted by atomic mass is 16.5. The molecule has 1 aromatic heterocycles. The molecular formula is C20H20N4O4. The van der Waals surface area contributed by atoms with Gasteiger partial charge in [0.1, 0.15) is 5.75 Å². The standard InChI is InChI=1S/C20H20N4O4/c1-21-20(26)15-5-3-4-6-16(15)22-17(25)11-12-18-23-19(24-28-18)13-7-9-14(27-2)10-8-13/h3-10H,11-12H2,1-2H3,(H,21,26)(H,22,25). The number of anilines is 1. The van der Waals surface area contributed by atoms with Gasteiger partial charge in [0.25, 0.3) is 5.91 Å². The maximum atomic E-state index is 12.2. The summed E-state index contributed by atoms with van der Waals surface area (Å²) in [6, 6.07) is 14.1. The van der Waals surface area contributed by atoms with E-state index in [1.165, 1.54) is 7.05 Å². The van der Waals surface area contributed by atoms with Crippen molar-refractivity contribution in [3.8, 4) is 17.1 Å². The van der Waals surface area contributed by atoms with Crippen molar-refractivity contribution in [1.82, 2.24) is 15.5 Å². The number of carbonyl (C=O) groups is 2. The average molecular weight is 380 g/mol. The summed E-state index contributed by atoms with van der Waals surface area (Å²) in [5.74, 6) is 1.03. The van der Waals surface area contributed by atoms with Crippen molar-refractivity contribution < 1.29 is 18.8 Å². The van der Waals surface area contributed by atoms with Gasteiger partial charge in [-0.3, -0.25) is 9.59 Å². The molecule has 2 N–H and O–H groups in total. The van der Waals surface area contributed by atoms with Crippen LogP contribution in [0.5, 0.6) is 5.75 Å². The third-order valence-electron chi connectivity index (χ3n) is 4.06. The summed E-state index contributed by atoms with van der Waals surface area (Å²) in [4.78, 5) is 28.4. The zero-order valence-electron chi connectivity index (χ0n) is 15.6. The number of ether oxygens (including phenoxy) is 1. The number of aromatic nitrogens is 2. The Kier molecular flexibility index (Phi) is 6.01. The van der Waals surface area contributed by atoms with Crippen LogP contribution in [0.25, 0.3) is 11.4 Å². The van der Waals surface area contributed by atoms with Gasteiger partial charge in [0.05, 0.1) is 18.4 Å². The molecule has 0 aliphatic heterocycles. The minimum Gasteiger partial charge on any atom is -0.497 e. The normalized spacial score (nSPS) is 10.4. The fraction of sp³-hybridized carbons (Fsp3) is 0.200. The third kappa shape index (κ3) is 4.53. The minimum atomic E-state index is -0.267. The molecule has 0 unspecified atom stereocenters. The first kappa shape index (κ1) is 19.1. The van der Waals surface area contributed by atoms with Gasteiger partial charge >= 0.3 is 0 Å². The average Bonchev–Trinajstić information content (AvgIpc) is 3.21. The lowest BCUT2D eigenvalue weighted by Crippen LogP contribution is -2.21. The number of nitrogens with one attached hydrogen (secondary N) is 2. The molecule has 0 atom stereocenters. The van der Waals surface area contributed by atoms with E-state index in [4.69, 9.17) is 9.26 Å². The first-order valence-electron chi connectivity index (χ1n) is 8.68. The zero-order valence-corrected chi connectivity index (χ0v) is 15.6. The van der Waals surface area contributed by atoms with Crippen molar-refractivity contribution in [3.05, 3.63) is 60.0 Å². The molecule has 8 heteroatoms. The van der Waals surface area contributed by atoms with Gasteiger partial charge in [-0.25, -0.2) is 0 Å². The molecule has 3 aromatic rings. The topological polar surface area (TPSA) is 106 Å². The quantitative estimate of drug-likeness (QED) is 0.653. The molecule has 0 bridgehead atoms. The summed E-state index contributed by atoms with van der Waals surface area (Å²) in [7, 11) is 3.14. The van der Waals surface area contributed by atoms with Crippen LogP contribution in [0.2, 0.25) is 0 Å². The lowest BCUT2D eigenvalue weighted by molar-refractivity contribution is -0.116. The van der Waals surface area contributed by atoms with E-state index < -0.39 is 0 Å². The number of para-hydroxylation sites is 1. The van der Waals surface area contributed by atoms with Crippen LogP contribution < -0.4 is 15.4 Å². The van der Waals surface area contributed by atoms with Crippen LogP contribution in [0.3, 0.4) is 0 Å². The Morgan fingerprint density at radius 2 is 1.86 bits per heavy atom. The van der Waals surface area contributed by atoms with E-state index in [1.807, 2.05) is 24.3 Å². The highest BCUT2D eigenvalue weighted by Gasteiger charge is 2.14. The van der Waals surface area contributed by atoms with Crippen LogP contribution in [-0.2, 0) is 11.2 Å². The lowest BCUT2D eigenvalue weighted by atomic mass is 10.1. The van der Waals surface area contributed by atoms with E-state index in [0.717, 1.165) is 11.3 Å². The van der Waals surface area contributed by atoms with Crippen molar-refractivity contribution in [2.24, 2.45) is 0 Å². The Labute approximate surface area is 161 Å². The van der Waals surface area contributed by atoms with E-state index in [9.17, 15) is 9.59 Å². The number of benzene rings is 2. The van der Waals surface area contributed by atoms with E-state index in [1.54, 1.807) is 31.4 Å². The number of hydrogen-bond acceptors (Lipinski definition) is 6. The van der Waals surface area contributed by atoms with Crippen molar-refractivity contribution in [2.45, 2.75) is 12.8 Å². The second kappa shape index (κ2) is 8.81. The molecule has 0 aliphatic rings. The molecule has 0 spiro atoms. The Morgan fingerprint density at radius 3 is 2.57 bits per heavy atom. The fourth-order valence-corrected chi connectivity index (χ4v) is 2.57. The second-order valence-corrected chi connectivity index (χ2v) is 5.91. The summed E-state index contributed by atoms with van der Waals surface area (Å²) in [6.07, 6.45) is 0.434. The number of carbonyl (C=O) groups excluding carboxylic acids is 2. The molecular weight excluding hydrogens is 360 g/mol. The highest BCUT2D eigenvalue weighted by molar-refractivity contribution is 6.03. The number of aryl methyl sites for hydroxylation is 1. The predicted molar refractivity (Wildman–Crippen MR) is 103 cm³/mol. The first-order valence-corrected chi connectivity index (χ1v) is 8.68. The van der Waals surface area contributed by atoms with Gasteiger partial charge in [-0.1, -0.05) is 17.3 Å². The largest absolute Gasteiger partial charge is 0.497 e. The summed E-state index contributed by atoms with van der Waals surface area (Å²) in [6.45, 7) is 0. The van der Waals surface area contributed by atoms with Crippen molar-refractivity contribution in [3.63, 3.8) is 0 Å². The molecule has 1 heterocycles. The number of hydrogen-bond donors (Lipinski definition) is 2. The summed E-state index contributed by atoms with van der Waals surface area (Å²) < 4.78 is 10.3. The molecule has 8 nitrogen and oxygen atoms in total. The van der Waals surface area contributed by atoms with Crippen LogP contribution in [-0.4, -0.2) is 36.1 Å². The van der Waals surface area contributed by atoms with Gasteiger partial charge in [0.2, 0.25) is 17.6 Å². The Morgan fingerprint density at radius 1 is 1.11 bits per heavy atom. The predicted octanol–water partition coefficient (Wildman–Crippen LogP) is 2.68. The lowest BCUT2D eigenvalue weighted by Gasteiger charge is -2.09. The molecule has 0 aliphatic carbocycles. The third-order valence-corrected chi connectivity index (χ3v) is 4.06. The SMILES string of the molecule is CNC(=O)c1ccccc1NC(=O)CCc1nc(-c2ccc(OC)cc2)no1. The molecule has 0 radical (unpaired) electrons. The van der Waals surface area contributed by atoms with Gasteiger partial charge in [0.15, 0.2) is 0 Å². The van der Waals surface area contributed by atoms with Crippen LogP contribution in [0.4, 0.5) is 5.69 Å². The maximum absolute atomic E-state index is 12.2. The number of nitrogens with zero attached hydrogens (tertiary/aromatic N) is 2. The van der Waals surface area contributed by atoms with Crippen molar-refractivity contribution in [1.29, 1.82) is 0 Å². The smallest absolute Gasteiger partial charge is 0.253 e. The van der Waals surface area contributed by atoms with Gasteiger partial charge in [-0.05, 0) is 36.4 Å². The van der Waals surface area contributed by atoms with E-state index in [-0.39, 0.29) is 24.7 Å². The van der Waals surface area contributed by atoms with Crippen molar-refractivity contribution in [2.75, 3.05) is 19.5 Å². The maximum Gasteiger partial charge on any atom is 0.253 e. The number of amides is 2. The zero-order chi connectivity index (χ0) is 19.9. The number of rotatable bonds is 7. The molecule has 0 fully saturated rings. The Bertz CT molecular complexity index is 966. The van der Waals surface area contributed by atoms with Crippen LogP contribution in [0.15, 0.2) is 53.1 Å². The Balaban J connectivity index is 1.60. The van der Waals surface area contributed by atoms with Gasteiger partial charge in [-0.2, -0.15) is 4.98 Å². The molecule has 2 amide bonds. The van der Waals surface area contributed by atoms with E-state index in [0.29, 0.717) is 23.0 Å². The van der Waals surface area contributed by atoms with Gasteiger partial charge < -0.3 is 19.9 Å². The minimum absolute atomic E-state index is 0.145. The van der Waals surface area contributed by atoms with Gasteiger partial charge in [-0.15, -0.1) is 0 Å². The molecule has 2 aromatic carbocycles. The Hall–Kier alpha value is -3.68. The highest BCUT2D eigenvalue weighted by Crippen LogP contribution is 2.20. The van der Waals surface area contributed by atoms with Crippen LogP contribution in [0.1, 0.15) is 22.7 Å². The molecule has 3 rings (SSSR count). The molecule has 0 saturated heterocycles. The molecule has 28 heavy (non-hydrogen) atoms.